The molecule has 1 rings (SSSR count). The van der Waals surface area contributed by atoms with Crippen molar-refractivity contribution in [3.63, 3.8) is 0 Å². The van der Waals surface area contributed by atoms with Crippen LogP contribution in [0.25, 0.3) is 0 Å². The Kier molecular flexibility index (Phi) is 9.84. The first-order valence-corrected chi connectivity index (χ1v) is 10.6. The van der Waals surface area contributed by atoms with Crippen molar-refractivity contribution in [1.29, 1.82) is 0 Å². The molecule has 0 aromatic heterocycles. The summed E-state index contributed by atoms with van der Waals surface area (Å²) in [6.07, 6.45) is -0.386. The number of nitrogens with one attached hydrogen (secondary N) is 1. The number of likely N-dealkylation sites (N-methyl/N-ethyl adjacent to an activating group) is 1. The summed E-state index contributed by atoms with van der Waals surface area (Å²) >= 11 is 0. The predicted octanol–water partition coefficient (Wildman–Crippen LogP) is 1.95. The van der Waals surface area contributed by atoms with Crippen molar-refractivity contribution in [3.8, 4) is 0 Å². The van der Waals surface area contributed by atoms with Crippen LogP contribution >= 0.6 is 24.0 Å². The second-order valence-electron chi connectivity index (χ2n) is 8.14. The molecule has 0 aromatic rings. The van der Waals surface area contributed by atoms with Crippen LogP contribution in [0.15, 0.2) is 4.99 Å². The summed E-state index contributed by atoms with van der Waals surface area (Å²) in [6, 6.07) is 0. The van der Waals surface area contributed by atoms with Crippen molar-refractivity contribution < 1.29 is 17.9 Å². The minimum Gasteiger partial charge on any atom is -0.444 e. The van der Waals surface area contributed by atoms with Gasteiger partial charge in [-0.1, -0.05) is 0 Å². The van der Waals surface area contributed by atoms with E-state index in [1.54, 1.807) is 20.9 Å². The summed E-state index contributed by atoms with van der Waals surface area (Å²) < 4.78 is 28.9. The van der Waals surface area contributed by atoms with Crippen LogP contribution in [-0.2, 0) is 14.6 Å². The van der Waals surface area contributed by atoms with E-state index in [1.807, 2.05) is 32.6 Å². The van der Waals surface area contributed by atoms with Crippen molar-refractivity contribution in [2.24, 2.45) is 4.99 Å². The predicted molar refractivity (Wildman–Crippen MR) is 120 cm³/mol. The number of hydrogen-bond acceptors (Lipinski definition) is 5. The van der Waals surface area contributed by atoms with Gasteiger partial charge in [0.05, 0.1) is 17.0 Å². The molecule has 0 bridgehead atoms. The maximum atomic E-state index is 12.2. The van der Waals surface area contributed by atoms with Crippen LogP contribution in [0.4, 0.5) is 4.79 Å². The molecule has 0 unspecified atom stereocenters. The van der Waals surface area contributed by atoms with Crippen molar-refractivity contribution in [3.05, 3.63) is 0 Å². The third-order valence-corrected chi connectivity index (χ3v) is 6.61. The highest BCUT2D eigenvalue weighted by Gasteiger charge is 2.40. The Balaban J connectivity index is 0.00000676. The number of carbonyl (C=O) groups is 1. The fourth-order valence-electron chi connectivity index (χ4n) is 2.49. The molecule has 1 fully saturated rings. The molecule has 160 valence electrons. The number of carbonyl (C=O) groups excluding carboxylic acids is 1. The Morgan fingerprint density at radius 1 is 1.33 bits per heavy atom. The van der Waals surface area contributed by atoms with Gasteiger partial charge >= 0.3 is 6.09 Å². The molecule has 1 amide bonds. The van der Waals surface area contributed by atoms with Crippen molar-refractivity contribution in [1.82, 2.24) is 15.1 Å². The molecular weight excluding hydrogens is 483 g/mol. The molecule has 8 nitrogen and oxygen atoms in total. The first-order chi connectivity index (χ1) is 11.8. The lowest BCUT2D eigenvalue weighted by Gasteiger charge is -2.39. The number of halogens is 1. The number of amides is 1. The summed E-state index contributed by atoms with van der Waals surface area (Å²) in [7, 11) is -1.43. The summed E-state index contributed by atoms with van der Waals surface area (Å²) in [5, 5.41) is 3.21. The number of guanidine groups is 1. The van der Waals surface area contributed by atoms with Crippen LogP contribution < -0.4 is 5.32 Å². The molecule has 1 N–H and O–H groups in total. The number of nitrogens with zero attached hydrogens (tertiary/aromatic N) is 3. The highest BCUT2D eigenvalue weighted by atomic mass is 127. The first-order valence-electron chi connectivity index (χ1n) is 8.99. The molecule has 0 aromatic carbocycles. The Morgan fingerprint density at radius 3 is 2.41 bits per heavy atom. The molecule has 0 atom stereocenters. The molecule has 0 radical (unpaired) electrons. The number of hydrogen-bond donors (Lipinski definition) is 1. The number of rotatable bonds is 4. The summed E-state index contributed by atoms with van der Waals surface area (Å²) in [4.78, 5) is 20.0. The van der Waals surface area contributed by atoms with Crippen LogP contribution in [0.5, 0.6) is 0 Å². The molecule has 1 aliphatic heterocycles. The van der Waals surface area contributed by atoms with E-state index >= 15 is 0 Å². The van der Waals surface area contributed by atoms with Crippen molar-refractivity contribution >= 4 is 45.9 Å². The molecule has 10 heteroatoms. The van der Waals surface area contributed by atoms with Crippen LogP contribution in [0.2, 0.25) is 0 Å². The Hall–Kier alpha value is -0.780. The minimum absolute atomic E-state index is 0. The van der Waals surface area contributed by atoms with E-state index in [9.17, 15) is 13.2 Å². The molecule has 27 heavy (non-hydrogen) atoms. The second kappa shape index (κ2) is 10.1. The highest BCUT2D eigenvalue weighted by molar-refractivity contribution is 14.0. The average Bonchev–Trinajstić information content (AvgIpc) is 2.47. The Labute approximate surface area is 181 Å². The van der Waals surface area contributed by atoms with Gasteiger partial charge in [0.2, 0.25) is 0 Å². The summed E-state index contributed by atoms with van der Waals surface area (Å²) in [5.41, 5.74) is -0.533. The molecule has 1 heterocycles. The van der Waals surface area contributed by atoms with Gasteiger partial charge in [0.25, 0.3) is 0 Å². The van der Waals surface area contributed by atoms with E-state index in [0.29, 0.717) is 38.7 Å². The van der Waals surface area contributed by atoms with E-state index in [-0.39, 0.29) is 35.8 Å². The third-order valence-electron chi connectivity index (χ3n) is 4.08. The van der Waals surface area contributed by atoms with E-state index in [0.717, 1.165) is 0 Å². The van der Waals surface area contributed by atoms with E-state index in [1.165, 1.54) is 4.90 Å². The van der Waals surface area contributed by atoms with Gasteiger partial charge in [-0.2, -0.15) is 0 Å². The van der Waals surface area contributed by atoms with Crippen LogP contribution in [0.3, 0.4) is 0 Å². The quantitative estimate of drug-likeness (QED) is 0.348. The number of ether oxygens (including phenoxy) is 1. The van der Waals surface area contributed by atoms with Crippen molar-refractivity contribution in [2.75, 3.05) is 45.5 Å². The van der Waals surface area contributed by atoms with Gasteiger partial charge in [-0.05, 0) is 41.5 Å². The topological polar surface area (TPSA) is 91.3 Å². The standard InChI is InChI=1S/C17H34N4O4S.HI/c1-8-18-14(21-11-12-26(23,24)17(5,6)13-21)19-9-10-20(7)15(22)25-16(2,3)4;/h8-13H2,1-7H3,(H,18,19);1H. The second-order valence-corrected chi connectivity index (χ2v) is 10.9. The van der Waals surface area contributed by atoms with Gasteiger partial charge in [-0.25, -0.2) is 13.2 Å². The SMILES string of the molecule is CCNC(=NCCN(C)C(=O)OC(C)(C)C)N1CCS(=O)(=O)C(C)(C)C1.I. The fraction of sp³-hybridized carbons (Fsp3) is 0.882. The minimum atomic E-state index is -3.10. The molecular formula is C17H35IN4O4S. The number of aliphatic imine (C=N–C) groups is 1. The largest absolute Gasteiger partial charge is 0.444 e. The van der Waals surface area contributed by atoms with Crippen LogP contribution in [-0.4, -0.2) is 86.1 Å². The Morgan fingerprint density at radius 2 is 1.93 bits per heavy atom. The van der Waals surface area contributed by atoms with Gasteiger partial charge in [-0.3, -0.25) is 4.99 Å². The molecule has 0 spiro atoms. The van der Waals surface area contributed by atoms with Gasteiger partial charge < -0.3 is 19.9 Å². The molecule has 1 saturated heterocycles. The van der Waals surface area contributed by atoms with Crippen LogP contribution in [0, 0.1) is 0 Å². The summed E-state index contributed by atoms with van der Waals surface area (Å²) in [6.45, 7) is 13.2. The first kappa shape index (κ1) is 26.2. The highest BCUT2D eigenvalue weighted by Crippen LogP contribution is 2.23. The molecule has 0 aliphatic carbocycles. The van der Waals surface area contributed by atoms with Crippen molar-refractivity contribution in [2.45, 2.75) is 51.9 Å². The van der Waals surface area contributed by atoms with E-state index in [4.69, 9.17) is 4.74 Å². The molecule has 0 saturated carbocycles. The van der Waals surface area contributed by atoms with E-state index in [2.05, 4.69) is 10.3 Å². The zero-order valence-corrected chi connectivity index (χ0v) is 20.7. The van der Waals surface area contributed by atoms with Crippen LogP contribution in [0.1, 0.15) is 41.5 Å². The molecule has 1 aliphatic rings. The zero-order chi connectivity index (χ0) is 20.2. The third kappa shape index (κ3) is 8.00. The zero-order valence-electron chi connectivity index (χ0n) is 17.5. The maximum Gasteiger partial charge on any atom is 0.410 e. The normalized spacial score (nSPS) is 19.1. The number of sulfone groups is 1. The lowest BCUT2D eigenvalue weighted by Crippen LogP contribution is -2.57. The smallest absolute Gasteiger partial charge is 0.410 e. The maximum absolute atomic E-state index is 12.2. The fourth-order valence-corrected chi connectivity index (χ4v) is 3.85. The monoisotopic (exact) mass is 518 g/mol. The lowest BCUT2D eigenvalue weighted by molar-refractivity contribution is 0.0304. The van der Waals surface area contributed by atoms with E-state index < -0.39 is 20.2 Å². The van der Waals surface area contributed by atoms with Gasteiger partial charge in [-0.15, -0.1) is 24.0 Å². The summed E-state index contributed by atoms with van der Waals surface area (Å²) in [5.74, 6) is 0.787. The Bertz CT molecular complexity index is 629. The van der Waals surface area contributed by atoms with Gasteiger partial charge in [0.1, 0.15) is 5.60 Å². The van der Waals surface area contributed by atoms with Gasteiger partial charge in [0, 0.05) is 33.2 Å². The average molecular weight is 518 g/mol. The van der Waals surface area contributed by atoms with Gasteiger partial charge in [0.15, 0.2) is 15.8 Å². The lowest BCUT2D eigenvalue weighted by atomic mass is 10.2.